The lowest BCUT2D eigenvalue weighted by atomic mass is 10.1. The molecule has 0 radical (unpaired) electrons. The number of nitrogens with zero attached hydrogens (tertiary/aromatic N) is 2. The number of anilines is 3. The molecule has 0 bridgehead atoms. The smallest absolute Gasteiger partial charge is 0.229 e. The van der Waals surface area contributed by atoms with Gasteiger partial charge in [-0.3, -0.25) is 0 Å². The summed E-state index contributed by atoms with van der Waals surface area (Å²) in [5.74, 6) is 1.40. The Bertz CT molecular complexity index is 593. The predicted octanol–water partition coefficient (Wildman–Crippen LogP) is 3.20. The van der Waals surface area contributed by atoms with Crippen molar-refractivity contribution >= 4 is 17.5 Å². The molecule has 2 N–H and O–H groups in total. The van der Waals surface area contributed by atoms with Crippen LogP contribution in [-0.2, 0) is 4.74 Å². The predicted molar refractivity (Wildman–Crippen MR) is 86.3 cm³/mol. The summed E-state index contributed by atoms with van der Waals surface area (Å²) in [5.41, 5.74) is 4.33. The Hall–Kier alpha value is -2.14. The molecule has 0 aliphatic carbocycles. The molecule has 0 saturated carbocycles. The third kappa shape index (κ3) is 4.16. The van der Waals surface area contributed by atoms with Crippen molar-refractivity contribution in [2.24, 2.45) is 0 Å². The van der Waals surface area contributed by atoms with Crippen molar-refractivity contribution in [3.05, 3.63) is 41.1 Å². The van der Waals surface area contributed by atoms with Gasteiger partial charge in [0.1, 0.15) is 5.82 Å². The van der Waals surface area contributed by atoms with Crippen LogP contribution in [0.2, 0.25) is 0 Å². The molecule has 0 amide bonds. The van der Waals surface area contributed by atoms with Gasteiger partial charge in [0.25, 0.3) is 0 Å². The Labute approximate surface area is 125 Å². The third-order valence-corrected chi connectivity index (χ3v) is 3.18. The maximum Gasteiger partial charge on any atom is 0.229 e. The second-order valence-electron chi connectivity index (χ2n) is 5.03. The molecule has 2 rings (SSSR count). The Balaban J connectivity index is 2.20. The highest BCUT2D eigenvalue weighted by Crippen LogP contribution is 2.23. The molecule has 0 aliphatic rings. The summed E-state index contributed by atoms with van der Waals surface area (Å²) >= 11 is 0. The van der Waals surface area contributed by atoms with E-state index in [0.29, 0.717) is 12.6 Å². The van der Waals surface area contributed by atoms with E-state index in [1.807, 2.05) is 19.1 Å². The lowest BCUT2D eigenvalue weighted by Gasteiger charge is -2.13. The monoisotopic (exact) mass is 286 g/mol. The van der Waals surface area contributed by atoms with Crippen LogP contribution < -0.4 is 10.6 Å². The molecule has 0 atom stereocenters. The standard InChI is InChI=1S/C16H22N4O/c1-11-6-5-7-12(2)15(11)20-16-18-13(3)10-14(19-16)17-8-9-21-4/h5-7,10H,8-9H2,1-4H3,(H2,17,18,19,20). The molecule has 21 heavy (non-hydrogen) atoms. The van der Waals surface area contributed by atoms with Crippen molar-refractivity contribution in [2.75, 3.05) is 30.9 Å². The number of hydrogen-bond acceptors (Lipinski definition) is 5. The van der Waals surface area contributed by atoms with Crippen molar-refractivity contribution in [2.45, 2.75) is 20.8 Å². The molecule has 1 aromatic carbocycles. The van der Waals surface area contributed by atoms with E-state index < -0.39 is 0 Å². The van der Waals surface area contributed by atoms with Gasteiger partial charge in [-0.1, -0.05) is 18.2 Å². The molecule has 0 unspecified atom stereocenters. The number of methoxy groups -OCH3 is 1. The summed E-state index contributed by atoms with van der Waals surface area (Å²) < 4.78 is 5.03. The minimum atomic E-state index is 0.604. The number of para-hydroxylation sites is 1. The molecule has 1 aromatic heterocycles. The average molecular weight is 286 g/mol. The van der Waals surface area contributed by atoms with Crippen LogP contribution in [0.5, 0.6) is 0 Å². The maximum absolute atomic E-state index is 5.03. The average Bonchev–Trinajstić information content (AvgIpc) is 2.43. The van der Waals surface area contributed by atoms with Gasteiger partial charge in [0, 0.05) is 31.1 Å². The van der Waals surface area contributed by atoms with Crippen LogP contribution in [0.3, 0.4) is 0 Å². The quantitative estimate of drug-likeness (QED) is 0.799. The van der Waals surface area contributed by atoms with E-state index in [4.69, 9.17) is 4.74 Å². The number of aromatic nitrogens is 2. The van der Waals surface area contributed by atoms with E-state index >= 15 is 0 Å². The molecular weight excluding hydrogens is 264 g/mol. The molecular formula is C16H22N4O. The molecule has 0 fully saturated rings. The second kappa shape index (κ2) is 7.04. The summed E-state index contributed by atoms with van der Waals surface area (Å²) in [6.07, 6.45) is 0. The minimum Gasteiger partial charge on any atom is -0.383 e. The number of benzene rings is 1. The fraction of sp³-hybridized carbons (Fsp3) is 0.375. The second-order valence-corrected chi connectivity index (χ2v) is 5.03. The van der Waals surface area contributed by atoms with E-state index in [9.17, 15) is 0 Å². The summed E-state index contributed by atoms with van der Waals surface area (Å²) in [6, 6.07) is 8.11. The number of aryl methyl sites for hydroxylation is 3. The zero-order chi connectivity index (χ0) is 15.2. The van der Waals surface area contributed by atoms with Crippen molar-refractivity contribution in [3.8, 4) is 0 Å². The summed E-state index contributed by atoms with van der Waals surface area (Å²) in [6.45, 7) is 7.46. The van der Waals surface area contributed by atoms with Crippen LogP contribution in [-0.4, -0.2) is 30.2 Å². The van der Waals surface area contributed by atoms with Crippen LogP contribution in [0.15, 0.2) is 24.3 Å². The Morgan fingerprint density at radius 3 is 2.48 bits per heavy atom. The molecule has 1 heterocycles. The summed E-state index contributed by atoms with van der Waals surface area (Å²) in [4.78, 5) is 8.94. The van der Waals surface area contributed by atoms with Crippen molar-refractivity contribution < 1.29 is 4.74 Å². The van der Waals surface area contributed by atoms with Crippen LogP contribution >= 0.6 is 0 Å². The molecule has 0 saturated heterocycles. The lowest BCUT2D eigenvalue weighted by Crippen LogP contribution is -2.10. The van der Waals surface area contributed by atoms with Gasteiger partial charge in [0.2, 0.25) is 5.95 Å². The molecule has 5 heteroatoms. The molecule has 0 spiro atoms. The van der Waals surface area contributed by atoms with Crippen molar-refractivity contribution in [1.82, 2.24) is 9.97 Å². The van der Waals surface area contributed by atoms with Crippen LogP contribution in [0, 0.1) is 20.8 Å². The Kier molecular flexibility index (Phi) is 5.11. The van der Waals surface area contributed by atoms with E-state index in [1.165, 1.54) is 11.1 Å². The zero-order valence-electron chi connectivity index (χ0n) is 13.0. The normalized spacial score (nSPS) is 10.5. The first-order chi connectivity index (χ1) is 10.1. The van der Waals surface area contributed by atoms with Crippen LogP contribution in [0.4, 0.5) is 17.5 Å². The number of nitrogens with one attached hydrogen (secondary N) is 2. The first-order valence-corrected chi connectivity index (χ1v) is 7.02. The third-order valence-electron chi connectivity index (χ3n) is 3.18. The fourth-order valence-corrected chi connectivity index (χ4v) is 2.12. The zero-order valence-corrected chi connectivity index (χ0v) is 13.0. The van der Waals surface area contributed by atoms with Crippen molar-refractivity contribution in [3.63, 3.8) is 0 Å². The SMILES string of the molecule is COCCNc1cc(C)nc(Nc2c(C)cccc2C)n1. The lowest BCUT2D eigenvalue weighted by molar-refractivity contribution is 0.210. The van der Waals surface area contributed by atoms with Gasteiger partial charge in [-0.2, -0.15) is 4.98 Å². The largest absolute Gasteiger partial charge is 0.383 e. The van der Waals surface area contributed by atoms with Gasteiger partial charge in [-0.25, -0.2) is 4.98 Å². The topological polar surface area (TPSA) is 59.1 Å². The van der Waals surface area contributed by atoms with Gasteiger partial charge in [-0.05, 0) is 31.9 Å². The molecule has 2 aromatic rings. The number of ether oxygens (including phenoxy) is 1. The number of hydrogen-bond donors (Lipinski definition) is 2. The van der Waals surface area contributed by atoms with E-state index in [0.717, 1.165) is 23.7 Å². The highest BCUT2D eigenvalue weighted by Gasteiger charge is 2.06. The molecule has 0 aliphatic heterocycles. The van der Waals surface area contributed by atoms with Gasteiger partial charge in [-0.15, -0.1) is 0 Å². The highest BCUT2D eigenvalue weighted by atomic mass is 16.5. The highest BCUT2D eigenvalue weighted by molar-refractivity contribution is 5.63. The van der Waals surface area contributed by atoms with Gasteiger partial charge in [0.15, 0.2) is 0 Å². The minimum absolute atomic E-state index is 0.604. The van der Waals surface area contributed by atoms with Crippen molar-refractivity contribution in [1.29, 1.82) is 0 Å². The summed E-state index contributed by atoms with van der Waals surface area (Å²) in [7, 11) is 1.68. The van der Waals surface area contributed by atoms with Gasteiger partial charge in [0.05, 0.1) is 6.61 Å². The van der Waals surface area contributed by atoms with Crippen LogP contribution in [0.1, 0.15) is 16.8 Å². The number of rotatable bonds is 6. The Morgan fingerprint density at radius 2 is 1.81 bits per heavy atom. The van der Waals surface area contributed by atoms with E-state index in [2.05, 4.69) is 46.6 Å². The fourth-order valence-electron chi connectivity index (χ4n) is 2.12. The maximum atomic E-state index is 5.03. The Morgan fingerprint density at radius 1 is 1.10 bits per heavy atom. The van der Waals surface area contributed by atoms with Gasteiger partial charge < -0.3 is 15.4 Å². The first kappa shape index (κ1) is 15.3. The van der Waals surface area contributed by atoms with Gasteiger partial charge >= 0.3 is 0 Å². The van der Waals surface area contributed by atoms with Crippen LogP contribution in [0.25, 0.3) is 0 Å². The first-order valence-electron chi connectivity index (χ1n) is 7.02. The summed E-state index contributed by atoms with van der Waals surface area (Å²) in [5, 5.41) is 6.54. The molecule has 5 nitrogen and oxygen atoms in total. The van der Waals surface area contributed by atoms with E-state index in [-0.39, 0.29) is 0 Å². The van der Waals surface area contributed by atoms with E-state index in [1.54, 1.807) is 7.11 Å². The molecule has 112 valence electrons.